The molecule has 0 spiro atoms. The van der Waals surface area contributed by atoms with E-state index in [0.29, 0.717) is 13.2 Å². The van der Waals surface area contributed by atoms with Gasteiger partial charge in [0, 0.05) is 11.4 Å². The molecule has 0 aliphatic carbocycles. The molecule has 0 aliphatic heterocycles. The Hall–Kier alpha value is -1.67. The zero-order valence-corrected chi connectivity index (χ0v) is 14.1. The number of rotatable bonds is 8. The Balaban J connectivity index is 1.85. The molecule has 0 saturated heterocycles. The Morgan fingerprint density at radius 3 is 2.70 bits per heavy atom. The molecule has 2 aromatic heterocycles. The van der Waals surface area contributed by atoms with Crippen molar-refractivity contribution in [2.24, 2.45) is 0 Å². The highest BCUT2D eigenvalue weighted by Crippen LogP contribution is 2.30. The largest absolute Gasteiger partial charge is 0.394 e. The molecular formula is C16H17N3O2S2. The van der Waals surface area contributed by atoms with E-state index in [4.69, 9.17) is 9.84 Å². The van der Waals surface area contributed by atoms with Gasteiger partial charge in [-0.3, -0.25) is 4.57 Å². The molecular weight excluding hydrogens is 330 g/mol. The van der Waals surface area contributed by atoms with E-state index in [1.54, 1.807) is 23.1 Å². The van der Waals surface area contributed by atoms with Crippen LogP contribution in [0.4, 0.5) is 0 Å². The Kier molecular flexibility index (Phi) is 5.82. The fourth-order valence-electron chi connectivity index (χ4n) is 2.10. The van der Waals surface area contributed by atoms with Crippen LogP contribution in [0.15, 0.2) is 53.0 Å². The van der Waals surface area contributed by atoms with Gasteiger partial charge in [-0.2, -0.15) is 0 Å². The first-order valence-corrected chi connectivity index (χ1v) is 9.13. The van der Waals surface area contributed by atoms with Crippen molar-refractivity contribution in [3.8, 4) is 16.4 Å². The first-order chi connectivity index (χ1) is 11.4. The van der Waals surface area contributed by atoms with Crippen molar-refractivity contribution < 1.29 is 9.84 Å². The van der Waals surface area contributed by atoms with Crippen molar-refractivity contribution in [3.63, 3.8) is 0 Å². The van der Waals surface area contributed by atoms with Gasteiger partial charge >= 0.3 is 0 Å². The second-order valence-electron chi connectivity index (χ2n) is 4.64. The number of hydrogen-bond acceptors (Lipinski definition) is 6. The van der Waals surface area contributed by atoms with E-state index >= 15 is 0 Å². The number of ether oxygens (including phenoxy) is 1. The molecule has 7 heteroatoms. The van der Waals surface area contributed by atoms with Crippen LogP contribution in [0.1, 0.15) is 0 Å². The lowest BCUT2D eigenvalue weighted by Crippen LogP contribution is -2.04. The van der Waals surface area contributed by atoms with Gasteiger partial charge in [-0.05, 0) is 23.6 Å². The zero-order valence-electron chi connectivity index (χ0n) is 12.5. The molecule has 3 rings (SSSR count). The number of hydrogen-bond donors (Lipinski definition) is 1. The van der Waals surface area contributed by atoms with Crippen LogP contribution in [-0.2, 0) is 4.74 Å². The first-order valence-electron chi connectivity index (χ1n) is 7.26. The minimum absolute atomic E-state index is 0.0490. The van der Waals surface area contributed by atoms with Crippen molar-refractivity contribution in [2.45, 2.75) is 5.16 Å². The molecule has 0 radical (unpaired) electrons. The maximum atomic E-state index is 8.73. The van der Waals surface area contributed by atoms with Gasteiger partial charge in [-0.15, -0.1) is 21.5 Å². The Bertz CT molecular complexity index is 714. The van der Waals surface area contributed by atoms with Gasteiger partial charge in [0.25, 0.3) is 0 Å². The topological polar surface area (TPSA) is 60.2 Å². The predicted octanol–water partition coefficient (Wildman–Crippen LogP) is 3.10. The van der Waals surface area contributed by atoms with Crippen LogP contribution < -0.4 is 0 Å². The number of nitrogens with zero attached hydrogens (tertiary/aromatic N) is 3. The van der Waals surface area contributed by atoms with Gasteiger partial charge in [-0.25, -0.2) is 0 Å². The average Bonchev–Trinajstić information content (AvgIpc) is 3.25. The van der Waals surface area contributed by atoms with Crippen LogP contribution in [0.25, 0.3) is 16.4 Å². The molecule has 0 bridgehead atoms. The molecule has 0 fully saturated rings. The number of thiophene rings is 1. The summed E-state index contributed by atoms with van der Waals surface area (Å²) in [4.78, 5) is 1.09. The fraction of sp³-hybridized carbons (Fsp3) is 0.250. The van der Waals surface area contributed by atoms with E-state index in [-0.39, 0.29) is 6.61 Å². The number of aliphatic hydroxyl groups excluding tert-OH is 1. The highest BCUT2D eigenvalue weighted by Gasteiger charge is 2.16. The molecule has 0 atom stereocenters. The summed E-state index contributed by atoms with van der Waals surface area (Å²) in [5, 5.41) is 20.3. The molecule has 23 heavy (non-hydrogen) atoms. The number of aromatic nitrogens is 3. The highest BCUT2D eigenvalue weighted by molar-refractivity contribution is 7.99. The number of para-hydroxylation sites is 1. The van der Waals surface area contributed by atoms with E-state index in [1.165, 1.54) is 0 Å². The quantitative estimate of drug-likeness (QED) is 0.501. The third-order valence-corrected chi connectivity index (χ3v) is 4.84. The summed E-state index contributed by atoms with van der Waals surface area (Å²) >= 11 is 3.25. The third-order valence-electron chi connectivity index (χ3n) is 3.08. The lowest BCUT2D eigenvalue weighted by atomic mass is 10.3. The first kappa shape index (κ1) is 16.2. The van der Waals surface area contributed by atoms with Crippen LogP contribution in [0.2, 0.25) is 0 Å². The molecule has 120 valence electrons. The van der Waals surface area contributed by atoms with E-state index in [0.717, 1.165) is 27.3 Å². The number of aliphatic hydroxyl groups is 1. The predicted molar refractivity (Wildman–Crippen MR) is 93.3 cm³/mol. The molecule has 1 N–H and O–H groups in total. The molecule has 0 unspecified atom stereocenters. The third kappa shape index (κ3) is 4.00. The van der Waals surface area contributed by atoms with E-state index < -0.39 is 0 Å². The molecule has 3 aromatic rings. The summed E-state index contributed by atoms with van der Waals surface area (Å²) in [5.41, 5.74) is 1.04. The molecule has 1 aromatic carbocycles. The normalized spacial score (nSPS) is 11.0. The van der Waals surface area contributed by atoms with Gasteiger partial charge in [0.05, 0.1) is 24.7 Å². The second-order valence-corrected chi connectivity index (χ2v) is 6.65. The summed E-state index contributed by atoms with van der Waals surface area (Å²) < 4.78 is 7.37. The van der Waals surface area contributed by atoms with Crippen molar-refractivity contribution in [3.05, 3.63) is 47.8 Å². The van der Waals surface area contributed by atoms with Crippen molar-refractivity contribution in [1.82, 2.24) is 14.8 Å². The van der Waals surface area contributed by atoms with E-state index in [9.17, 15) is 0 Å². The smallest absolute Gasteiger partial charge is 0.196 e. The van der Waals surface area contributed by atoms with Crippen LogP contribution >= 0.6 is 23.1 Å². The summed E-state index contributed by atoms with van der Waals surface area (Å²) in [5.74, 6) is 1.61. The van der Waals surface area contributed by atoms with E-state index in [1.807, 2.05) is 47.8 Å². The van der Waals surface area contributed by atoms with Crippen LogP contribution in [0, 0.1) is 0 Å². The zero-order chi connectivity index (χ0) is 15.9. The Morgan fingerprint density at radius 2 is 1.96 bits per heavy atom. The number of thioether (sulfide) groups is 1. The molecule has 0 amide bonds. The van der Waals surface area contributed by atoms with Gasteiger partial charge in [-0.1, -0.05) is 36.0 Å². The van der Waals surface area contributed by atoms with Crippen molar-refractivity contribution >= 4 is 23.1 Å². The fourth-order valence-corrected chi connectivity index (χ4v) is 3.60. The number of benzene rings is 1. The standard InChI is InChI=1S/C16H17N3O2S2/c20-8-9-21-10-12-23-16-18-17-15(14-7-4-11-22-14)19(16)13-5-2-1-3-6-13/h1-7,11,20H,8-10,12H2. The van der Waals surface area contributed by atoms with Crippen LogP contribution in [-0.4, -0.2) is 45.4 Å². The average molecular weight is 347 g/mol. The summed E-state index contributed by atoms with van der Waals surface area (Å²) in [6.45, 7) is 0.987. The van der Waals surface area contributed by atoms with Crippen LogP contribution in [0.5, 0.6) is 0 Å². The lowest BCUT2D eigenvalue weighted by Gasteiger charge is -2.09. The van der Waals surface area contributed by atoms with Gasteiger partial charge in [0.1, 0.15) is 0 Å². The van der Waals surface area contributed by atoms with E-state index in [2.05, 4.69) is 14.8 Å². The van der Waals surface area contributed by atoms with Crippen molar-refractivity contribution in [1.29, 1.82) is 0 Å². The Morgan fingerprint density at radius 1 is 1.09 bits per heavy atom. The Labute approximate surface area is 143 Å². The molecule has 0 aliphatic rings. The van der Waals surface area contributed by atoms with Gasteiger partial charge < -0.3 is 9.84 Å². The maximum absolute atomic E-state index is 8.73. The van der Waals surface area contributed by atoms with Gasteiger partial charge in [0.15, 0.2) is 11.0 Å². The molecule has 0 saturated carbocycles. The highest BCUT2D eigenvalue weighted by atomic mass is 32.2. The molecule has 5 nitrogen and oxygen atoms in total. The maximum Gasteiger partial charge on any atom is 0.196 e. The minimum atomic E-state index is 0.0490. The van der Waals surface area contributed by atoms with Crippen molar-refractivity contribution in [2.75, 3.05) is 25.6 Å². The SMILES string of the molecule is OCCOCCSc1nnc(-c2cccs2)n1-c1ccccc1. The summed E-state index contributed by atoms with van der Waals surface area (Å²) in [6, 6.07) is 14.2. The van der Waals surface area contributed by atoms with Gasteiger partial charge in [0.2, 0.25) is 0 Å². The minimum Gasteiger partial charge on any atom is -0.394 e. The molecule has 2 heterocycles. The lowest BCUT2D eigenvalue weighted by molar-refractivity contribution is 0.103. The van der Waals surface area contributed by atoms with Crippen LogP contribution in [0.3, 0.4) is 0 Å². The monoisotopic (exact) mass is 347 g/mol. The summed E-state index contributed by atoms with van der Waals surface area (Å²) in [6.07, 6.45) is 0. The second kappa shape index (κ2) is 8.26. The summed E-state index contributed by atoms with van der Waals surface area (Å²) in [7, 11) is 0.